The van der Waals surface area contributed by atoms with Gasteiger partial charge < -0.3 is 9.47 Å². The van der Waals surface area contributed by atoms with E-state index in [1.54, 1.807) is 35.7 Å². The fraction of sp³-hybridized carbons (Fsp3) is 0.647. The highest BCUT2D eigenvalue weighted by Crippen LogP contribution is 2.43. The van der Waals surface area contributed by atoms with Crippen molar-refractivity contribution in [2.75, 3.05) is 33.4 Å². The lowest BCUT2D eigenvalue weighted by Gasteiger charge is -2.41. The molecule has 0 N–H and O–H groups in total. The Balaban J connectivity index is 1.68. The maximum absolute atomic E-state index is 12.7. The van der Waals surface area contributed by atoms with Crippen LogP contribution in [-0.4, -0.2) is 51.7 Å². The van der Waals surface area contributed by atoms with Gasteiger partial charge in [0.2, 0.25) is 10.0 Å². The van der Waals surface area contributed by atoms with Crippen molar-refractivity contribution in [3.63, 3.8) is 0 Å². The Labute approximate surface area is 138 Å². The molecule has 23 heavy (non-hydrogen) atoms. The summed E-state index contributed by atoms with van der Waals surface area (Å²) in [5, 5.41) is 0. The summed E-state index contributed by atoms with van der Waals surface area (Å²) < 4.78 is 38.3. The highest BCUT2D eigenvalue weighted by molar-refractivity contribution is 7.89. The molecule has 0 amide bonds. The SMILES string of the molecule is COCC[C@H]1CCOC12CCN(S(=O)(=O)c1ccccc1)CC2. The van der Waals surface area contributed by atoms with Crippen LogP contribution in [0.5, 0.6) is 0 Å². The fourth-order valence-corrected chi connectivity index (χ4v) is 5.31. The molecule has 0 radical (unpaired) electrons. The topological polar surface area (TPSA) is 55.8 Å². The summed E-state index contributed by atoms with van der Waals surface area (Å²) in [4.78, 5) is 0.374. The van der Waals surface area contributed by atoms with Crippen molar-refractivity contribution in [2.45, 2.75) is 36.2 Å². The van der Waals surface area contributed by atoms with Crippen LogP contribution < -0.4 is 0 Å². The Morgan fingerprint density at radius 3 is 2.61 bits per heavy atom. The van der Waals surface area contributed by atoms with Gasteiger partial charge in [0, 0.05) is 33.4 Å². The molecule has 128 valence electrons. The lowest BCUT2D eigenvalue weighted by molar-refractivity contribution is -0.0603. The third kappa shape index (κ3) is 3.31. The van der Waals surface area contributed by atoms with Gasteiger partial charge in [-0.15, -0.1) is 0 Å². The van der Waals surface area contributed by atoms with E-state index in [9.17, 15) is 8.42 Å². The molecule has 1 aromatic rings. The number of benzene rings is 1. The summed E-state index contributed by atoms with van der Waals surface area (Å²) in [5.74, 6) is 0.476. The quantitative estimate of drug-likeness (QED) is 0.826. The molecule has 2 fully saturated rings. The number of nitrogens with zero attached hydrogens (tertiary/aromatic N) is 1. The Bertz CT molecular complexity index is 609. The molecular formula is C17H25NO4S. The van der Waals surface area contributed by atoms with Crippen molar-refractivity contribution in [3.05, 3.63) is 30.3 Å². The van der Waals surface area contributed by atoms with Gasteiger partial charge in [0.1, 0.15) is 0 Å². The first-order valence-electron chi connectivity index (χ1n) is 8.27. The third-order valence-corrected chi connectivity index (χ3v) is 7.13. The number of ether oxygens (including phenoxy) is 2. The van der Waals surface area contributed by atoms with Crippen molar-refractivity contribution < 1.29 is 17.9 Å². The molecule has 0 saturated carbocycles. The van der Waals surface area contributed by atoms with E-state index >= 15 is 0 Å². The zero-order chi connectivity index (χ0) is 16.3. The van der Waals surface area contributed by atoms with Crippen LogP contribution in [0.3, 0.4) is 0 Å². The van der Waals surface area contributed by atoms with Crippen LogP contribution in [0.4, 0.5) is 0 Å². The number of rotatable bonds is 5. The molecule has 2 heterocycles. The van der Waals surface area contributed by atoms with Crippen LogP contribution in [0.1, 0.15) is 25.7 Å². The van der Waals surface area contributed by atoms with Crippen molar-refractivity contribution in [2.24, 2.45) is 5.92 Å². The lowest BCUT2D eigenvalue weighted by atomic mass is 9.78. The van der Waals surface area contributed by atoms with E-state index in [0.717, 1.165) is 38.9 Å². The molecule has 1 atom stereocenters. The van der Waals surface area contributed by atoms with E-state index in [0.29, 0.717) is 23.9 Å². The van der Waals surface area contributed by atoms with Gasteiger partial charge in [0.25, 0.3) is 0 Å². The highest BCUT2D eigenvalue weighted by atomic mass is 32.2. The summed E-state index contributed by atoms with van der Waals surface area (Å²) in [7, 11) is -1.67. The van der Waals surface area contributed by atoms with Crippen LogP contribution in [-0.2, 0) is 19.5 Å². The first-order chi connectivity index (χ1) is 11.1. The van der Waals surface area contributed by atoms with Gasteiger partial charge in [-0.2, -0.15) is 4.31 Å². The van der Waals surface area contributed by atoms with Crippen LogP contribution in [0.2, 0.25) is 0 Å². The zero-order valence-corrected chi connectivity index (χ0v) is 14.4. The molecule has 3 rings (SSSR count). The summed E-state index contributed by atoms with van der Waals surface area (Å²) >= 11 is 0. The Kier molecular flexibility index (Phi) is 5.06. The summed E-state index contributed by atoms with van der Waals surface area (Å²) in [6.45, 7) is 2.57. The normalized spacial score (nSPS) is 25.0. The second-order valence-corrected chi connectivity index (χ2v) is 8.34. The third-order valence-electron chi connectivity index (χ3n) is 5.22. The minimum absolute atomic E-state index is 0.152. The first-order valence-corrected chi connectivity index (χ1v) is 9.71. The van der Waals surface area contributed by atoms with Crippen LogP contribution in [0, 0.1) is 5.92 Å². The van der Waals surface area contributed by atoms with Gasteiger partial charge in [0.15, 0.2) is 0 Å². The van der Waals surface area contributed by atoms with Gasteiger partial charge in [-0.3, -0.25) is 0 Å². The minimum Gasteiger partial charge on any atom is -0.385 e. The Morgan fingerprint density at radius 2 is 1.96 bits per heavy atom. The van der Waals surface area contributed by atoms with E-state index in [1.807, 2.05) is 6.07 Å². The minimum atomic E-state index is -3.39. The van der Waals surface area contributed by atoms with Crippen LogP contribution in [0.15, 0.2) is 35.2 Å². The van der Waals surface area contributed by atoms with E-state index < -0.39 is 10.0 Å². The second-order valence-electron chi connectivity index (χ2n) is 6.40. The molecule has 0 aliphatic carbocycles. The molecule has 0 bridgehead atoms. The smallest absolute Gasteiger partial charge is 0.243 e. The number of piperidine rings is 1. The molecule has 6 heteroatoms. The zero-order valence-electron chi connectivity index (χ0n) is 13.6. The maximum Gasteiger partial charge on any atom is 0.243 e. The van der Waals surface area contributed by atoms with Crippen molar-refractivity contribution >= 4 is 10.0 Å². The molecule has 0 aromatic heterocycles. The van der Waals surface area contributed by atoms with E-state index in [2.05, 4.69) is 0 Å². The molecule has 2 aliphatic rings. The van der Waals surface area contributed by atoms with Crippen LogP contribution in [0.25, 0.3) is 0 Å². The van der Waals surface area contributed by atoms with Gasteiger partial charge >= 0.3 is 0 Å². The fourth-order valence-electron chi connectivity index (χ4n) is 3.85. The molecule has 0 unspecified atom stereocenters. The summed E-state index contributed by atoms with van der Waals surface area (Å²) in [6.07, 6.45) is 3.58. The van der Waals surface area contributed by atoms with Crippen molar-refractivity contribution in [3.8, 4) is 0 Å². The molecule has 2 aliphatic heterocycles. The largest absolute Gasteiger partial charge is 0.385 e. The molecule has 2 saturated heterocycles. The van der Waals surface area contributed by atoms with Crippen LogP contribution >= 0.6 is 0 Å². The molecule has 1 aromatic carbocycles. The predicted octanol–water partition coefficient (Wildman–Crippen LogP) is 2.28. The molecular weight excluding hydrogens is 314 g/mol. The van der Waals surface area contributed by atoms with E-state index in [1.165, 1.54) is 0 Å². The maximum atomic E-state index is 12.7. The Hall–Kier alpha value is -0.950. The average molecular weight is 339 g/mol. The average Bonchev–Trinajstić information content (AvgIpc) is 2.96. The van der Waals surface area contributed by atoms with Gasteiger partial charge in [-0.05, 0) is 43.7 Å². The Morgan fingerprint density at radius 1 is 1.26 bits per heavy atom. The monoisotopic (exact) mass is 339 g/mol. The van der Waals surface area contributed by atoms with Crippen molar-refractivity contribution in [1.29, 1.82) is 0 Å². The predicted molar refractivity (Wildman–Crippen MR) is 87.7 cm³/mol. The summed E-state index contributed by atoms with van der Waals surface area (Å²) in [5.41, 5.74) is -0.152. The van der Waals surface area contributed by atoms with Gasteiger partial charge in [-0.25, -0.2) is 8.42 Å². The summed E-state index contributed by atoms with van der Waals surface area (Å²) in [6, 6.07) is 8.68. The van der Waals surface area contributed by atoms with Crippen molar-refractivity contribution in [1.82, 2.24) is 4.31 Å². The van der Waals surface area contributed by atoms with E-state index in [4.69, 9.17) is 9.47 Å². The van der Waals surface area contributed by atoms with E-state index in [-0.39, 0.29) is 5.60 Å². The van der Waals surface area contributed by atoms with Gasteiger partial charge in [-0.1, -0.05) is 18.2 Å². The standard InChI is InChI=1S/C17H25NO4S/c1-21-13-7-15-8-14-22-17(15)9-11-18(12-10-17)23(19,20)16-5-3-2-4-6-16/h2-6,15H,7-14H2,1H3/t15-/m0/s1. The lowest BCUT2D eigenvalue weighted by Crippen LogP contribution is -2.49. The first kappa shape index (κ1) is 16.9. The second kappa shape index (κ2) is 6.89. The van der Waals surface area contributed by atoms with Gasteiger partial charge in [0.05, 0.1) is 10.5 Å². The number of methoxy groups -OCH3 is 1. The number of hydrogen-bond acceptors (Lipinski definition) is 4. The highest BCUT2D eigenvalue weighted by Gasteiger charge is 2.47. The molecule has 1 spiro atoms. The number of hydrogen-bond donors (Lipinski definition) is 0. The number of sulfonamides is 1. The molecule has 5 nitrogen and oxygen atoms in total.